The minimum Gasteiger partial charge on any atom is -0.481 e. The van der Waals surface area contributed by atoms with Crippen LogP contribution in [-0.2, 0) is 4.79 Å². The van der Waals surface area contributed by atoms with Crippen molar-refractivity contribution in [2.24, 2.45) is 5.92 Å². The Bertz CT molecular complexity index is 249. The van der Waals surface area contributed by atoms with Crippen molar-refractivity contribution in [3.8, 4) is 0 Å². The van der Waals surface area contributed by atoms with Crippen molar-refractivity contribution in [2.75, 3.05) is 13.1 Å². The number of hydrogen-bond donors (Lipinski definition) is 2. The van der Waals surface area contributed by atoms with Gasteiger partial charge in [0.15, 0.2) is 0 Å². The molecule has 1 saturated heterocycles. The Balaban J connectivity index is 1.85. The molecular weight excluding hydrogens is 206 g/mol. The van der Waals surface area contributed by atoms with Crippen molar-refractivity contribution in [3.63, 3.8) is 0 Å². The van der Waals surface area contributed by atoms with Gasteiger partial charge in [0.05, 0.1) is 12.0 Å². The molecule has 2 atom stereocenters. The van der Waals surface area contributed by atoms with Gasteiger partial charge in [0, 0.05) is 6.04 Å². The standard InChI is InChI=1S/C12H21NO3/c14-11-4-2-1-3-10(11)13-7-5-9(6-8-13)12(15)16/h9-11,14H,1-8H2,(H,15,16). The molecule has 2 fully saturated rings. The van der Waals surface area contributed by atoms with Gasteiger partial charge in [-0.15, -0.1) is 0 Å². The summed E-state index contributed by atoms with van der Waals surface area (Å²) in [5, 5.41) is 18.9. The van der Waals surface area contributed by atoms with Crippen LogP contribution in [0.1, 0.15) is 38.5 Å². The predicted octanol–water partition coefficient (Wildman–Crippen LogP) is 1.09. The number of carboxylic acid groups (broad SMARTS) is 1. The Morgan fingerprint density at radius 1 is 1.06 bits per heavy atom. The van der Waals surface area contributed by atoms with Gasteiger partial charge in [-0.25, -0.2) is 0 Å². The molecule has 2 aliphatic rings. The second-order valence-electron chi connectivity index (χ2n) is 5.07. The summed E-state index contributed by atoms with van der Waals surface area (Å²) in [6, 6.07) is 0.281. The molecule has 4 nitrogen and oxygen atoms in total. The third-order valence-electron chi connectivity index (χ3n) is 4.04. The van der Waals surface area contributed by atoms with Crippen molar-refractivity contribution < 1.29 is 15.0 Å². The highest BCUT2D eigenvalue weighted by Gasteiger charge is 2.32. The zero-order chi connectivity index (χ0) is 11.5. The van der Waals surface area contributed by atoms with E-state index >= 15 is 0 Å². The predicted molar refractivity (Wildman–Crippen MR) is 60.2 cm³/mol. The lowest BCUT2D eigenvalue weighted by Gasteiger charge is -2.40. The SMILES string of the molecule is O=C(O)C1CCN(C2CCCCC2O)CC1. The first kappa shape index (κ1) is 11.9. The number of nitrogens with zero attached hydrogens (tertiary/aromatic N) is 1. The maximum atomic E-state index is 10.8. The molecule has 2 rings (SSSR count). The van der Waals surface area contributed by atoms with Gasteiger partial charge >= 0.3 is 5.97 Å². The lowest BCUT2D eigenvalue weighted by molar-refractivity contribution is -0.143. The second-order valence-corrected chi connectivity index (χ2v) is 5.07. The summed E-state index contributed by atoms with van der Waals surface area (Å²) >= 11 is 0. The molecule has 1 aliphatic carbocycles. The molecule has 0 aromatic rings. The van der Waals surface area contributed by atoms with Crippen molar-refractivity contribution in [2.45, 2.75) is 50.7 Å². The average Bonchev–Trinajstić information content (AvgIpc) is 2.30. The number of hydrogen-bond acceptors (Lipinski definition) is 3. The Morgan fingerprint density at radius 3 is 2.25 bits per heavy atom. The Labute approximate surface area is 96.3 Å². The van der Waals surface area contributed by atoms with E-state index in [4.69, 9.17) is 5.11 Å². The van der Waals surface area contributed by atoms with E-state index in [-0.39, 0.29) is 18.1 Å². The number of aliphatic carboxylic acids is 1. The third kappa shape index (κ3) is 2.55. The molecule has 0 aromatic heterocycles. The molecule has 0 radical (unpaired) electrons. The van der Waals surface area contributed by atoms with E-state index in [1.165, 1.54) is 6.42 Å². The number of rotatable bonds is 2. The fraction of sp³-hybridized carbons (Fsp3) is 0.917. The van der Waals surface area contributed by atoms with Gasteiger partial charge in [-0.1, -0.05) is 12.8 Å². The van der Waals surface area contributed by atoms with E-state index in [1.54, 1.807) is 0 Å². The number of carboxylic acids is 1. The van der Waals surface area contributed by atoms with Gasteiger partial charge < -0.3 is 10.2 Å². The maximum absolute atomic E-state index is 10.8. The van der Waals surface area contributed by atoms with E-state index in [0.29, 0.717) is 0 Å². The summed E-state index contributed by atoms with van der Waals surface area (Å²) in [5.74, 6) is -0.833. The van der Waals surface area contributed by atoms with Crippen LogP contribution in [0.5, 0.6) is 0 Å². The highest BCUT2D eigenvalue weighted by molar-refractivity contribution is 5.70. The molecule has 1 aliphatic heterocycles. The molecule has 16 heavy (non-hydrogen) atoms. The molecular formula is C12H21NO3. The minimum atomic E-state index is -0.663. The largest absolute Gasteiger partial charge is 0.481 e. The lowest BCUT2D eigenvalue weighted by atomic mass is 9.88. The van der Waals surface area contributed by atoms with Crippen molar-refractivity contribution >= 4 is 5.97 Å². The number of likely N-dealkylation sites (tertiary alicyclic amines) is 1. The normalized spacial score (nSPS) is 33.8. The molecule has 1 saturated carbocycles. The molecule has 0 bridgehead atoms. The molecule has 2 N–H and O–H groups in total. The van der Waals surface area contributed by atoms with Crippen LogP contribution in [0.2, 0.25) is 0 Å². The maximum Gasteiger partial charge on any atom is 0.306 e. The van der Waals surface area contributed by atoms with Crippen molar-refractivity contribution in [1.29, 1.82) is 0 Å². The number of piperidine rings is 1. The van der Waals surface area contributed by atoms with Crippen LogP contribution in [0.15, 0.2) is 0 Å². The quantitative estimate of drug-likeness (QED) is 0.741. The second kappa shape index (κ2) is 5.15. The first-order valence-electron chi connectivity index (χ1n) is 6.33. The van der Waals surface area contributed by atoms with Gasteiger partial charge in [0.2, 0.25) is 0 Å². The molecule has 0 amide bonds. The summed E-state index contributed by atoms with van der Waals surface area (Å²) in [5.41, 5.74) is 0. The van der Waals surface area contributed by atoms with Crippen LogP contribution in [0.25, 0.3) is 0 Å². The molecule has 2 unspecified atom stereocenters. The molecule has 0 aromatic carbocycles. The summed E-state index contributed by atoms with van der Waals surface area (Å²) in [7, 11) is 0. The van der Waals surface area contributed by atoms with Crippen LogP contribution < -0.4 is 0 Å². The van der Waals surface area contributed by atoms with Gasteiger partial charge in [-0.2, -0.15) is 0 Å². The Kier molecular flexibility index (Phi) is 3.82. The first-order valence-corrected chi connectivity index (χ1v) is 6.33. The zero-order valence-electron chi connectivity index (χ0n) is 9.64. The lowest BCUT2D eigenvalue weighted by Crippen LogP contribution is -2.49. The first-order chi connectivity index (χ1) is 7.68. The van der Waals surface area contributed by atoms with Gasteiger partial charge in [0.25, 0.3) is 0 Å². The topological polar surface area (TPSA) is 60.8 Å². The summed E-state index contributed by atoms with van der Waals surface area (Å²) < 4.78 is 0. The van der Waals surface area contributed by atoms with Crippen LogP contribution in [-0.4, -0.2) is 46.3 Å². The summed E-state index contributed by atoms with van der Waals surface area (Å²) in [6.45, 7) is 1.66. The van der Waals surface area contributed by atoms with Crippen LogP contribution in [0, 0.1) is 5.92 Å². The monoisotopic (exact) mass is 227 g/mol. The zero-order valence-corrected chi connectivity index (χ0v) is 9.64. The number of aliphatic hydroxyl groups excluding tert-OH is 1. The number of aliphatic hydroxyl groups is 1. The van der Waals surface area contributed by atoms with Crippen LogP contribution in [0.4, 0.5) is 0 Å². The summed E-state index contributed by atoms with van der Waals surface area (Å²) in [6.07, 6.45) is 5.57. The highest BCUT2D eigenvalue weighted by Crippen LogP contribution is 2.27. The van der Waals surface area contributed by atoms with Gasteiger partial charge in [-0.05, 0) is 38.8 Å². The smallest absolute Gasteiger partial charge is 0.306 e. The van der Waals surface area contributed by atoms with Crippen molar-refractivity contribution in [3.05, 3.63) is 0 Å². The minimum absolute atomic E-state index is 0.169. The molecule has 1 heterocycles. The van der Waals surface area contributed by atoms with E-state index in [0.717, 1.165) is 45.2 Å². The van der Waals surface area contributed by atoms with E-state index < -0.39 is 5.97 Å². The van der Waals surface area contributed by atoms with Gasteiger partial charge in [-0.3, -0.25) is 9.69 Å². The summed E-state index contributed by atoms with van der Waals surface area (Å²) in [4.78, 5) is 13.1. The van der Waals surface area contributed by atoms with E-state index in [1.807, 2.05) is 0 Å². The fourth-order valence-electron chi connectivity index (χ4n) is 3.00. The molecule has 4 heteroatoms. The van der Waals surface area contributed by atoms with Crippen LogP contribution in [0.3, 0.4) is 0 Å². The molecule has 0 spiro atoms. The van der Waals surface area contributed by atoms with E-state index in [2.05, 4.69) is 4.90 Å². The third-order valence-corrected chi connectivity index (χ3v) is 4.04. The fourth-order valence-corrected chi connectivity index (χ4v) is 3.00. The van der Waals surface area contributed by atoms with E-state index in [9.17, 15) is 9.90 Å². The average molecular weight is 227 g/mol. The Morgan fingerprint density at radius 2 is 1.69 bits per heavy atom. The highest BCUT2D eigenvalue weighted by atomic mass is 16.4. The van der Waals surface area contributed by atoms with Gasteiger partial charge in [0.1, 0.15) is 0 Å². The number of carbonyl (C=O) groups is 1. The van der Waals surface area contributed by atoms with Crippen molar-refractivity contribution in [1.82, 2.24) is 4.90 Å². The Hall–Kier alpha value is -0.610. The van der Waals surface area contributed by atoms with Crippen LogP contribution >= 0.6 is 0 Å². The molecule has 92 valence electrons.